The highest BCUT2D eigenvalue weighted by atomic mass is 32.2. The van der Waals surface area contributed by atoms with Gasteiger partial charge in [-0.2, -0.15) is 0 Å². The summed E-state index contributed by atoms with van der Waals surface area (Å²) in [6, 6.07) is 7.94. The number of hydrogen-bond donors (Lipinski definition) is 0. The van der Waals surface area contributed by atoms with Crippen molar-refractivity contribution in [3.63, 3.8) is 0 Å². The summed E-state index contributed by atoms with van der Waals surface area (Å²) in [5.74, 6) is 0.864. The van der Waals surface area contributed by atoms with Crippen LogP contribution in [0.5, 0.6) is 5.75 Å². The molecule has 0 fully saturated rings. The summed E-state index contributed by atoms with van der Waals surface area (Å²) in [6.45, 7) is 6.07. The second kappa shape index (κ2) is 6.66. The van der Waals surface area contributed by atoms with Crippen LogP contribution in [0.4, 0.5) is 0 Å². The monoisotopic (exact) mass is 241 g/mol. The summed E-state index contributed by atoms with van der Waals surface area (Å²) < 4.78 is 18.7. The number of nitrogens with zero attached hydrogens (tertiary/aromatic N) is 1. The minimum Gasteiger partial charge on any atom is -0.492 e. The number of likely N-dealkylation sites (N-methyl/N-ethyl adjacent to an activating group) is 1. The lowest BCUT2D eigenvalue weighted by atomic mass is 10.2. The highest BCUT2D eigenvalue weighted by Gasteiger charge is 2.05. The third-order valence-electron chi connectivity index (χ3n) is 2.35. The topological polar surface area (TPSA) is 29.5 Å². The summed E-state index contributed by atoms with van der Waals surface area (Å²) in [6.07, 6.45) is 1.69. The van der Waals surface area contributed by atoms with Crippen molar-refractivity contribution >= 4 is 11.0 Å². The van der Waals surface area contributed by atoms with E-state index in [1.165, 1.54) is 5.56 Å². The van der Waals surface area contributed by atoms with Crippen LogP contribution in [0.2, 0.25) is 0 Å². The van der Waals surface area contributed by atoms with Crippen LogP contribution in [-0.2, 0) is 11.0 Å². The van der Waals surface area contributed by atoms with Crippen LogP contribution in [0.3, 0.4) is 0 Å². The van der Waals surface area contributed by atoms with Crippen LogP contribution in [0, 0.1) is 6.92 Å². The van der Waals surface area contributed by atoms with E-state index in [0.29, 0.717) is 13.2 Å². The smallest absolute Gasteiger partial charge is 0.119 e. The van der Waals surface area contributed by atoms with E-state index in [4.69, 9.17) is 4.74 Å². The highest BCUT2D eigenvalue weighted by Crippen LogP contribution is 2.11. The van der Waals surface area contributed by atoms with Crippen LogP contribution in [-0.4, -0.2) is 34.5 Å². The quantitative estimate of drug-likeness (QED) is 0.762. The Balaban J connectivity index is 2.35. The van der Waals surface area contributed by atoms with Crippen LogP contribution in [0.25, 0.3) is 0 Å². The normalized spacial score (nSPS) is 12.8. The second-order valence-corrected chi connectivity index (χ2v) is 4.97. The summed E-state index contributed by atoms with van der Waals surface area (Å²) in [5.41, 5.74) is 1.22. The van der Waals surface area contributed by atoms with E-state index < -0.39 is 11.0 Å². The molecule has 0 saturated heterocycles. The average molecular weight is 241 g/mol. The third kappa shape index (κ3) is 4.33. The Bertz CT molecular complexity index is 337. The molecule has 1 unspecified atom stereocenters. The number of rotatable bonds is 6. The van der Waals surface area contributed by atoms with E-state index in [2.05, 4.69) is 0 Å². The van der Waals surface area contributed by atoms with E-state index in [9.17, 15) is 4.21 Å². The Morgan fingerprint density at radius 1 is 1.31 bits per heavy atom. The van der Waals surface area contributed by atoms with Crippen molar-refractivity contribution in [1.82, 2.24) is 4.31 Å². The van der Waals surface area contributed by atoms with Gasteiger partial charge in [0.25, 0.3) is 0 Å². The van der Waals surface area contributed by atoms with Gasteiger partial charge in [0.1, 0.15) is 12.4 Å². The zero-order chi connectivity index (χ0) is 12.0. The largest absolute Gasteiger partial charge is 0.492 e. The summed E-state index contributed by atoms with van der Waals surface area (Å²) >= 11 is 0. The van der Waals surface area contributed by atoms with Crippen molar-refractivity contribution in [2.75, 3.05) is 26.0 Å². The second-order valence-electron chi connectivity index (χ2n) is 3.61. The van der Waals surface area contributed by atoms with Gasteiger partial charge in [0.05, 0.1) is 11.0 Å². The number of ether oxygens (including phenoxy) is 1. The van der Waals surface area contributed by atoms with E-state index >= 15 is 0 Å². The maximum absolute atomic E-state index is 11.2. The first-order valence-electron chi connectivity index (χ1n) is 5.41. The summed E-state index contributed by atoms with van der Waals surface area (Å²) in [7, 11) is -0.912. The molecule has 3 nitrogen and oxygen atoms in total. The predicted octanol–water partition coefficient (Wildman–Crippen LogP) is 1.99. The maximum Gasteiger partial charge on any atom is 0.119 e. The zero-order valence-electron chi connectivity index (χ0n) is 10.1. The van der Waals surface area contributed by atoms with E-state index in [-0.39, 0.29) is 0 Å². The van der Waals surface area contributed by atoms with Crippen molar-refractivity contribution in [3.05, 3.63) is 29.8 Å². The van der Waals surface area contributed by atoms with Gasteiger partial charge in [-0.25, -0.2) is 8.51 Å². The van der Waals surface area contributed by atoms with Crippen LogP contribution in [0.1, 0.15) is 12.5 Å². The van der Waals surface area contributed by atoms with Gasteiger partial charge in [0.15, 0.2) is 0 Å². The SMILES string of the molecule is CCN(CCOc1ccc(C)cc1)S(C)=O. The molecule has 16 heavy (non-hydrogen) atoms. The van der Waals surface area contributed by atoms with Crippen molar-refractivity contribution in [2.24, 2.45) is 0 Å². The van der Waals surface area contributed by atoms with Gasteiger partial charge in [-0.15, -0.1) is 0 Å². The molecule has 0 aliphatic heterocycles. The maximum atomic E-state index is 11.2. The molecule has 0 aliphatic rings. The zero-order valence-corrected chi connectivity index (χ0v) is 10.9. The molecular formula is C12H19NO2S. The molecule has 0 aromatic heterocycles. The molecule has 4 heteroatoms. The molecule has 1 aromatic rings. The first kappa shape index (κ1) is 13.2. The van der Waals surface area contributed by atoms with Crippen molar-refractivity contribution in [1.29, 1.82) is 0 Å². The van der Waals surface area contributed by atoms with Crippen LogP contribution < -0.4 is 4.74 Å². The highest BCUT2D eigenvalue weighted by molar-refractivity contribution is 7.81. The van der Waals surface area contributed by atoms with Gasteiger partial charge >= 0.3 is 0 Å². The molecule has 0 heterocycles. The molecule has 0 spiro atoms. The fourth-order valence-corrected chi connectivity index (χ4v) is 2.06. The molecule has 0 bridgehead atoms. The van der Waals surface area contributed by atoms with Gasteiger partial charge in [-0.3, -0.25) is 0 Å². The van der Waals surface area contributed by atoms with E-state index in [1.807, 2.05) is 42.4 Å². The standard InChI is InChI=1S/C12H19NO2S/c1-4-13(16(3)14)9-10-15-12-7-5-11(2)6-8-12/h5-8H,4,9-10H2,1-3H3. The number of aryl methyl sites for hydroxylation is 1. The lowest BCUT2D eigenvalue weighted by Gasteiger charge is -2.16. The first-order valence-corrected chi connectivity index (χ1v) is 6.93. The molecule has 0 saturated carbocycles. The fraction of sp³-hybridized carbons (Fsp3) is 0.500. The van der Waals surface area contributed by atoms with Crippen LogP contribution >= 0.6 is 0 Å². The summed E-state index contributed by atoms with van der Waals surface area (Å²) in [5, 5.41) is 0. The first-order chi connectivity index (χ1) is 7.63. The molecule has 0 radical (unpaired) electrons. The molecule has 0 aliphatic carbocycles. The van der Waals surface area contributed by atoms with Crippen molar-refractivity contribution in [3.8, 4) is 5.75 Å². The van der Waals surface area contributed by atoms with E-state index in [0.717, 1.165) is 12.3 Å². The minimum absolute atomic E-state index is 0.566. The molecule has 0 N–H and O–H groups in total. The van der Waals surface area contributed by atoms with Gasteiger partial charge in [0, 0.05) is 19.3 Å². The minimum atomic E-state index is -0.912. The Morgan fingerprint density at radius 3 is 2.44 bits per heavy atom. The number of hydrogen-bond acceptors (Lipinski definition) is 2. The Labute approximate surface area is 100 Å². The van der Waals surface area contributed by atoms with Gasteiger partial charge in [-0.1, -0.05) is 24.6 Å². The number of benzene rings is 1. The average Bonchev–Trinajstić information content (AvgIpc) is 2.26. The van der Waals surface area contributed by atoms with Crippen LogP contribution in [0.15, 0.2) is 24.3 Å². The lowest BCUT2D eigenvalue weighted by molar-refractivity contribution is 0.281. The Hall–Kier alpha value is -0.870. The molecular weight excluding hydrogens is 222 g/mol. The molecule has 1 rings (SSSR count). The third-order valence-corrected chi connectivity index (χ3v) is 3.51. The van der Waals surface area contributed by atoms with E-state index in [1.54, 1.807) is 6.26 Å². The van der Waals surface area contributed by atoms with Crippen molar-refractivity contribution < 1.29 is 8.95 Å². The van der Waals surface area contributed by atoms with Gasteiger partial charge < -0.3 is 4.74 Å². The molecule has 0 amide bonds. The molecule has 1 atom stereocenters. The Kier molecular flexibility index (Phi) is 5.49. The summed E-state index contributed by atoms with van der Waals surface area (Å²) in [4.78, 5) is 0. The molecule has 90 valence electrons. The fourth-order valence-electron chi connectivity index (χ4n) is 1.37. The lowest BCUT2D eigenvalue weighted by Crippen LogP contribution is -2.29. The van der Waals surface area contributed by atoms with Crippen molar-refractivity contribution in [2.45, 2.75) is 13.8 Å². The van der Waals surface area contributed by atoms with Gasteiger partial charge in [-0.05, 0) is 19.1 Å². The molecule has 1 aromatic carbocycles. The van der Waals surface area contributed by atoms with Gasteiger partial charge in [0.2, 0.25) is 0 Å². The predicted molar refractivity (Wildman–Crippen MR) is 68.0 cm³/mol. The Morgan fingerprint density at radius 2 is 1.94 bits per heavy atom.